The zero-order valence-corrected chi connectivity index (χ0v) is 15.0. The van der Waals surface area contributed by atoms with E-state index in [0.29, 0.717) is 12.5 Å². The SMILES string of the molecule is CCC(C)C(=O)N1CCCC(C(=O)N2CCCC(CNC)C2)C1. The number of carbonyl (C=O) groups is 2. The Hall–Kier alpha value is -1.10. The van der Waals surface area contributed by atoms with E-state index in [0.717, 1.165) is 51.9 Å². The highest BCUT2D eigenvalue weighted by Crippen LogP contribution is 2.24. The highest BCUT2D eigenvalue weighted by molar-refractivity contribution is 5.82. The molecule has 2 aliphatic heterocycles. The Morgan fingerprint density at radius 2 is 1.83 bits per heavy atom. The number of likely N-dealkylation sites (tertiary alicyclic amines) is 2. The highest BCUT2D eigenvalue weighted by Gasteiger charge is 2.33. The first-order valence-electron chi connectivity index (χ1n) is 9.29. The van der Waals surface area contributed by atoms with Crippen LogP contribution in [0.5, 0.6) is 0 Å². The molecule has 0 spiro atoms. The molecule has 0 aromatic carbocycles. The quantitative estimate of drug-likeness (QED) is 0.838. The predicted molar refractivity (Wildman–Crippen MR) is 92.0 cm³/mol. The molecule has 2 saturated heterocycles. The lowest BCUT2D eigenvalue weighted by Gasteiger charge is -2.39. The van der Waals surface area contributed by atoms with Gasteiger partial charge in [-0.1, -0.05) is 13.8 Å². The van der Waals surface area contributed by atoms with Gasteiger partial charge >= 0.3 is 0 Å². The van der Waals surface area contributed by atoms with E-state index in [1.54, 1.807) is 0 Å². The second kappa shape index (κ2) is 8.67. The van der Waals surface area contributed by atoms with Gasteiger partial charge in [-0.3, -0.25) is 9.59 Å². The molecule has 3 unspecified atom stereocenters. The van der Waals surface area contributed by atoms with Crippen LogP contribution in [-0.4, -0.2) is 61.4 Å². The van der Waals surface area contributed by atoms with Crippen LogP contribution in [0.3, 0.4) is 0 Å². The number of nitrogens with one attached hydrogen (secondary N) is 1. The lowest BCUT2D eigenvalue weighted by molar-refractivity contribution is -0.143. The van der Waals surface area contributed by atoms with E-state index in [1.165, 1.54) is 6.42 Å². The standard InChI is InChI=1S/C18H33N3O2/c1-4-14(2)17(22)21-10-6-8-16(13-21)18(23)20-9-5-7-15(12-20)11-19-3/h14-16,19H,4-13H2,1-3H3. The molecule has 0 radical (unpaired) electrons. The molecule has 0 aliphatic carbocycles. The van der Waals surface area contributed by atoms with Crippen LogP contribution in [0.25, 0.3) is 0 Å². The van der Waals surface area contributed by atoms with Gasteiger partial charge in [-0.25, -0.2) is 0 Å². The summed E-state index contributed by atoms with van der Waals surface area (Å²) in [4.78, 5) is 29.3. The van der Waals surface area contributed by atoms with Crippen molar-refractivity contribution >= 4 is 11.8 Å². The number of hydrogen-bond acceptors (Lipinski definition) is 3. The van der Waals surface area contributed by atoms with Gasteiger partial charge in [0.1, 0.15) is 0 Å². The van der Waals surface area contributed by atoms with Gasteiger partial charge < -0.3 is 15.1 Å². The van der Waals surface area contributed by atoms with Gasteiger partial charge in [0, 0.05) is 32.1 Å². The van der Waals surface area contributed by atoms with E-state index in [9.17, 15) is 9.59 Å². The number of nitrogens with zero attached hydrogens (tertiary/aromatic N) is 2. The van der Waals surface area contributed by atoms with Crippen molar-refractivity contribution in [3.8, 4) is 0 Å². The number of carbonyl (C=O) groups excluding carboxylic acids is 2. The molecule has 3 atom stereocenters. The lowest BCUT2D eigenvalue weighted by atomic mass is 9.92. The van der Waals surface area contributed by atoms with Gasteiger partial charge in [-0.05, 0) is 51.6 Å². The molecule has 0 aromatic heterocycles. The normalized spacial score (nSPS) is 26.9. The van der Waals surface area contributed by atoms with E-state index in [4.69, 9.17) is 0 Å². The average molecular weight is 323 g/mol. The summed E-state index contributed by atoms with van der Waals surface area (Å²) in [6.45, 7) is 8.20. The molecule has 5 heteroatoms. The molecule has 2 fully saturated rings. The zero-order valence-electron chi connectivity index (χ0n) is 15.0. The first-order chi connectivity index (χ1) is 11.1. The van der Waals surface area contributed by atoms with Crippen LogP contribution < -0.4 is 5.32 Å². The molecule has 2 heterocycles. The summed E-state index contributed by atoms with van der Waals surface area (Å²) in [6.07, 6.45) is 5.04. The Bertz CT molecular complexity index is 411. The molecule has 2 amide bonds. The summed E-state index contributed by atoms with van der Waals surface area (Å²) in [5.74, 6) is 1.13. The smallest absolute Gasteiger partial charge is 0.227 e. The molecule has 2 rings (SSSR count). The Balaban J connectivity index is 1.92. The fraction of sp³-hybridized carbons (Fsp3) is 0.889. The van der Waals surface area contributed by atoms with Gasteiger partial charge in [-0.15, -0.1) is 0 Å². The van der Waals surface area contributed by atoms with Crippen molar-refractivity contribution in [1.29, 1.82) is 0 Å². The number of rotatable bonds is 5. The Labute approximate surface area is 140 Å². The maximum atomic E-state index is 12.9. The summed E-state index contributed by atoms with van der Waals surface area (Å²) < 4.78 is 0. The topological polar surface area (TPSA) is 52.7 Å². The van der Waals surface area contributed by atoms with Crippen molar-refractivity contribution in [2.24, 2.45) is 17.8 Å². The molecule has 0 saturated carbocycles. The zero-order chi connectivity index (χ0) is 16.8. The van der Waals surface area contributed by atoms with Crippen LogP contribution in [-0.2, 0) is 9.59 Å². The van der Waals surface area contributed by atoms with Crippen LogP contribution in [0.2, 0.25) is 0 Å². The van der Waals surface area contributed by atoms with E-state index in [-0.39, 0.29) is 23.7 Å². The van der Waals surface area contributed by atoms with E-state index in [1.807, 2.05) is 30.7 Å². The lowest BCUT2D eigenvalue weighted by Crippen LogP contribution is -2.50. The summed E-state index contributed by atoms with van der Waals surface area (Å²) in [7, 11) is 1.97. The largest absolute Gasteiger partial charge is 0.342 e. The van der Waals surface area contributed by atoms with E-state index < -0.39 is 0 Å². The molecular formula is C18H33N3O2. The second-order valence-electron chi connectivity index (χ2n) is 7.28. The van der Waals surface area contributed by atoms with Gasteiger partial charge in [0.15, 0.2) is 0 Å². The Morgan fingerprint density at radius 3 is 2.52 bits per heavy atom. The summed E-state index contributed by atoms with van der Waals surface area (Å²) >= 11 is 0. The third-order valence-corrected chi connectivity index (χ3v) is 5.44. The maximum Gasteiger partial charge on any atom is 0.227 e. The van der Waals surface area contributed by atoms with Crippen LogP contribution in [0.15, 0.2) is 0 Å². The van der Waals surface area contributed by atoms with Crippen LogP contribution >= 0.6 is 0 Å². The van der Waals surface area contributed by atoms with Crippen molar-refractivity contribution in [3.05, 3.63) is 0 Å². The fourth-order valence-corrected chi connectivity index (χ4v) is 3.84. The fourth-order valence-electron chi connectivity index (χ4n) is 3.84. The van der Waals surface area contributed by atoms with Crippen LogP contribution in [0.1, 0.15) is 46.0 Å². The van der Waals surface area contributed by atoms with Gasteiger partial charge in [0.2, 0.25) is 11.8 Å². The number of amides is 2. The first kappa shape index (κ1) is 18.2. The maximum absolute atomic E-state index is 12.9. The Kier molecular flexibility index (Phi) is 6.88. The number of piperidine rings is 2. The minimum absolute atomic E-state index is 0.00471. The molecule has 0 bridgehead atoms. The second-order valence-corrected chi connectivity index (χ2v) is 7.28. The minimum Gasteiger partial charge on any atom is -0.342 e. The van der Waals surface area contributed by atoms with E-state index in [2.05, 4.69) is 5.32 Å². The molecule has 1 N–H and O–H groups in total. The van der Waals surface area contributed by atoms with Crippen molar-refractivity contribution in [2.45, 2.75) is 46.0 Å². The average Bonchev–Trinajstić information content (AvgIpc) is 2.60. The highest BCUT2D eigenvalue weighted by atomic mass is 16.2. The first-order valence-corrected chi connectivity index (χ1v) is 9.29. The summed E-state index contributed by atoms with van der Waals surface area (Å²) in [5, 5.41) is 3.23. The molecule has 23 heavy (non-hydrogen) atoms. The Morgan fingerprint density at radius 1 is 1.13 bits per heavy atom. The minimum atomic E-state index is 0.00471. The third-order valence-electron chi connectivity index (χ3n) is 5.44. The summed E-state index contributed by atoms with van der Waals surface area (Å²) in [6, 6.07) is 0. The third kappa shape index (κ3) is 4.69. The molecular weight excluding hydrogens is 290 g/mol. The molecule has 132 valence electrons. The van der Waals surface area contributed by atoms with Crippen molar-refractivity contribution in [1.82, 2.24) is 15.1 Å². The monoisotopic (exact) mass is 323 g/mol. The molecule has 0 aromatic rings. The van der Waals surface area contributed by atoms with Gasteiger partial charge in [-0.2, -0.15) is 0 Å². The molecule has 2 aliphatic rings. The van der Waals surface area contributed by atoms with Crippen molar-refractivity contribution in [3.63, 3.8) is 0 Å². The molecule has 5 nitrogen and oxygen atoms in total. The van der Waals surface area contributed by atoms with Crippen molar-refractivity contribution in [2.75, 3.05) is 39.8 Å². The van der Waals surface area contributed by atoms with Crippen LogP contribution in [0, 0.1) is 17.8 Å². The predicted octanol–water partition coefficient (Wildman–Crippen LogP) is 1.73. The van der Waals surface area contributed by atoms with Gasteiger partial charge in [0.25, 0.3) is 0 Å². The van der Waals surface area contributed by atoms with Crippen molar-refractivity contribution < 1.29 is 9.59 Å². The summed E-state index contributed by atoms with van der Waals surface area (Å²) in [5.41, 5.74) is 0. The number of hydrogen-bond donors (Lipinski definition) is 1. The van der Waals surface area contributed by atoms with Gasteiger partial charge in [0.05, 0.1) is 5.92 Å². The van der Waals surface area contributed by atoms with E-state index >= 15 is 0 Å². The van der Waals surface area contributed by atoms with Crippen LogP contribution in [0.4, 0.5) is 0 Å².